The second-order valence-corrected chi connectivity index (χ2v) is 6.00. The minimum Gasteiger partial charge on any atom is -0.360 e. The standard InChI is InChI=1S/C23H18N2O/c26-23(25-19-14-8-3-9-15-19)20-16-24-22(18-12-6-2-7-13-18)21(20)17-10-4-1-5-11-17/h1-16,24H,(H,25,26). The highest BCUT2D eigenvalue weighted by Crippen LogP contribution is 2.34. The van der Waals surface area contributed by atoms with E-state index in [9.17, 15) is 4.79 Å². The first-order valence-electron chi connectivity index (χ1n) is 8.51. The van der Waals surface area contributed by atoms with E-state index in [1.807, 2.05) is 91.0 Å². The van der Waals surface area contributed by atoms with Crippen molar-refractivity contribution in [3.63, 3.8) is 0 Å². The van der Waals surface area contributed by atoms with Crippen molar-refractivity contribution in [1.82, 2.24) is 4.98 Å². The molecule has 1 heterocycles. The van der Waals surface area contributed by atoms with Crippen LogP contribution in [0.3, 0.4) is 0 Å². The molecule has 3 aromatic carbocycles. The van der Waals surface area contributed by atoms with Gasteiger partial charge in [0.2, 0.25) is 0 Å². The normalized spacial score (nSPS) is 10.5. The number of carbonyl (C=O) groups is 1. The Morgan fingerprint density at radius 2 is 1.23 bits per heavy atom. The summed E-state index contributed by atoms with van der Waals surface area (Å²) in [5, 5.41) is 2.97. The van der Waals surface area contributed by atoms with Gasteiger partial charge in [0.05, 0.1) is 11.3 Å². The van der Waals surface area contributed by atoms with E-state index < -0.39 is 0 Å². The lowest BCUT2D eigenvalue weighted by atomic mass is 9.97. The number of nitrogens with one attached hydrogen (secondary N) is 2. The Morgan fingerprint density at radius 3 is 1.85 bits per heavy atom. The molecule has 0 radical (unpaired) electrons. The average molecular weight is 338 g/mol. The third-order valence-corrected chi connectivity index (χ3v) is 4.28. The maximum atomic E-state index is 12.9. The molecule has 4 rings (SSSR count). The molecule has 26 heavy (non-hydrogen) atoms. The summed E-state index contributed by atoms with van der Waals surface area (Å²) in [5.41, 5.74) is 5.30. The van der Waals surface area contributed by atoms with Gasteiger partial charge in [0.1, 0.15) is 0 Å². The van der Waals surface area contributed by atoms with E-state index in [0.717, 1.165) is 28.1 Å². The molecule has 3 heteroatoms. The lowest BCUT2D eigenvalue weighted by molar-refractivity contribution is 0.102. The van der Waals surface area contributed by atoms with Crippen LogP contribution >= 0.6 is 0 Å². The Bertz CT molecular complexity index is 1010. The summed E-state index contributed by atoms with van der Waals surface area (Å²) < 4.78 is 0. The highest BCUT2D eigenvalue weighted by molar-refractivity contribution is 6.11. The fourth-order valence-corrected chi connectivity index (χ4v) is 3.06. The van der Waals surface area contributed by atoms with E-state index in [1.54, 1.807) is 6.20 Å². The summed E-state index contributed by atoms with van der Waals surface area (Å²) in [6.45, 7) is 0. The summed E-state index contributed by atoms with van der Waals surface area (Å²) >= 11 is 0. The second-order valence-electron chi connectivity index (χ2n) is 6.00. The number of para-hydroxylation sites is 1. The largest absolute Gasteiger partial charge is 0.360 e. The highest BCUT2D eigenvalue weighted by atomic mass is 16.1. The van der Waals surface area contributed by atoms with Crippen LogP contribution in [0.4, 0.5) is 5.69 Å². The van der Waals surface area contributed by atoms with Crippen LogP contribution in [0.15, 0.2) is 97.2 Å². The number of hydrogen-bond donors (Lipinski definition) is 2. The number of hydrogen-bond acceptors (Lipinski definition) is 1. The van der Waals surface area contributed by atoms with Gasteiger partial charge in [-0.05, 0) is 23.3 Å². The molecule has 0 aliphatic rings. The van der Waals surface area contributed by atoms with Crippen LogP contribution < -0.4 is 5.32 Å². The van der Waals surface area contributed by atoms with Crippen molar-refractivity contribution in [2.45, 2.75) is 0 Å². The van der Waals surface area contributed by atoms with Crippen molar-refractivity contribution in [3.8, 4) is 22.4 Å². The molecule has 126 valence electrons. The smallest absolute Gasteiger partial charge is 0.257 e. The predicted octanol–water partition coefficient (Wildman–Crippen LogP) is 5.60. The fraction of sp³-hybridized carbons (Fsp3) is 0. The number of aromatic amines is 1. The second kappa shape index (κ2) is 7.11. The van der Waals surface area contributed by atoms with Gasteiger partial charge in [0.15, 0.2) is 0 Å². The van der Waals surface area contributed by atoms with Gasteiger partial charge in [-0.1, -0.05) is 78.9 Å². The topological polar surface area (TPSA) is 44.9 Å². The first-order valence-corrected chi connectivity index (χ1v) is 8.51. The third kappa shape index (κ3) is 3.15. The Labute approximate surface area is 152 Å². The summed E-state index contributed by atoms with van der Waals surface area (Å²) in [6.07, 6.45) is 1.78. The van der Waals surface area contributed by atoms with E-state index in [1.165, 1.54) is 0 Å². The van der Waals surface area contributed by atoms with Crippen LogP contribution in [-0.2, 0) is 0 Å². The Hall–Kier alpha value is -3.59. The Kier molecular flexibility index (Phi) is 4.35. The quantitative estimate of drug-likeness (QED) is 0.500. The predicted molar refractivity (Wildman–Crippen MR) is 106 cm³/mol. The van der Waals surface area contributed by atoms with Crippen molar-refractivity contribution >= 4 is 11.6 Å². The minimum atomic E-state index is -0.131. The molecule has 0 saturated heterocycles. The van der Waals surface area contributed by atoms with Gasteiger partial charge < -0.3 is 10.3 Å². The van der Waals surface area contributed by atoms with Crippen LogP contribution in [-0.4, -0.2) is 10.9 Å². The minimum absolute atomic E-state index is 0.131. The SMILES string of the molecule is O=C(Nc1ccccc1)c1c[nH]c(-c2ccccc2)c1-c1ccccc1. The van der Waals surface area contributed by atoms with Gasteiger partial charge in [-0.2, -0.15) is 0 Å². The van der Waals surface area contributed by atoms with Gasteiger partial charge in [-0.25, -0.2) is 0 Å². The lowest BCUT2D eigenvalue weighted by Gasteiger charge is -2.09. The van der Waals surface area contributed by atoms with E-state index in [-0.39, 0.29) is 5.91 Å². The zero-order valence-electron chi connectivity index (χ0n) is 14.1. The van der Waals surface area contributed by atoms with Crippen LogP contribution in [0, 0.1) is 0 Å². The first kappa shape index (κ1) is 15.9. The van der Waals surface area contributed by atoms with Crippen molar-refractivity contribution in [2.75, 3.05) is 5.32 Å². The molecule has 0 aliphatic carbocycles. The van der Waals surface area contributed by atoms with E-state index in [4.69, 9.17) is 0 Å². The number of H-pyrrole nitrogens is 1. The van der Waals surface area contributed by atoms with Crippen LogP contribution in [0.1, 0.15) is 10.4 Å². The zero-order chi connectivity index (χ0) is 17.8. The number of amides is 1. The Morgan fingerprint density at radius 1 is 0.692 bits per heavy atom. The lowest BCUT2D eigenvalue weighted by Crippen LogP contribution is -2.12. The monoisotopic (exact) mass is 338 g/mol. The molecule has 0 bridgehead atoms. The summed E-state index contributed by atoms with van der Waals surface area (Å²) in [4.78, 5) is 16.2. The molecule has 0 atom stereocenters. The number of benzene rings is 3. The molecule has 1 amide bonds. The van der Waals surface area contributed by atoms with Gasteiger partial charge in [-0.15, -0.1) is 0 Å². The van der Waals surface area contributed by atoms with Crippen molar-refractivity contribution < 1.29 is 4.79 Å². The van der Waals surface area contributed by atoms with Crippen LogP contribution in [0.2, 0.25) is 0 Å². The number of anilines is 1. The number of carbonyl (C=O) groups excluding carboxylic acids is 1. The molecular formula is C23H18N2O. The Balaban J connectivity index is 1.80. The highest BCUT2D eigenvalue weighted by Gasteiger charge is 2.19. The average Bonchev–Trinajstić information content (AvgIpc) is 3.15. The summed E-state index contributed by atoms with van der Waals surface area (Å²) in [5.74, 6) is -0.131. The molecule has 2 N–H and O–H groups in total. The number of rotatable bonds is 4. The van der Waals surface area contributed by atoms with Gasteiger partial charge in [-0.3, -0.25) is 4.79 Å². The fourth-order valence-electron chi connectivity index (χ4n) is 3.06. The number of aromatic nitrogens is 1. The van der Waals surface area contributed by atoms with Gasteiger partial charge >= 0.3 is 0 Å². The molecule has 0 aliphatic heterocycles. The summed E-state index contributed by atoms with van der Waals surface area (Å²) in [6, 6.07) is 29.5. The van der Waals surface area contributed by atoms with Crippen molar-refractivity contribution in [2.24, 2.45) is 0 Å². The molecule has 0 saturated carbocycles. The maximum Gasteiger partial charge on any atom is 0.257 e. The van der Waals surface area contributed by atoms with Crippen molar-refractivity contribution in [3.05, 3.63) is 103 Å². The van der Waals surface area contributed by atoms with E-state index in [2.05, 4.69) is 10.3 Å². The van der Waals surface area contributed by atoms with Gasteiger partial charge in [0.25, 0.3) is 5.91 Å². The van der Waals surface area contributed by atoms with Crippen molar-refractivity contribution in [1.29, 1.82) is 0 Å². The maximum absolute atomic E-state index is 12.9. The molecule has 0 fully saturated rings. The van der Waals surface area contributed by atoms with Gasteiger partial charge in [0, 0.05) is 17.4 Å². The zero-order valence-corrected chi connectivity index (χ0v) is 14.1. The molecule has 1 aromatic heterocycles. The molecule has 3 nitrogen and oxygen atoms in total. The van der Waals surface area contributed by atoms with Crippen LogP contribution in [0.5, 0.6) is 0 Å². The summed E-state index contributed by atoms with van der Waals surface area (Å²) in [7, 11) is 0. The molecular weight excluding hydrogens is 320 g/mol. The van der Waals surface area contributed by atoms with Crippen LogP contribution in [0.25, 0.3) is 22.4 Å². The molecule has 0 spiro atoms. The molecule has 4 aromatic rings. The van der Waals surface area contributed by atoms with E-state index >= 15 is 0 Å². The third-order valence-electron chi connectivity index (χ3n) is 4.28. The molecule has 0 unspecified atom stereocenters. The first-order chi connectivity index (χ1) is 12.8. The van der Waals surface area contributed by atoms with E-state index in [0.29, 0.717) is 5.56 Å².